The maximum Gasteiger partial charge on any atom is 0.407 e. The molecular formula is C25H27ClN6O3S. The highest BCUT2D eigenvalue weighted by Crippen LogP contribution is 2.39. The summed E-state index contributed by atoms with van der Waals surface area (Å²) in [6.45, 7) is 6.91. The van der Waals surface area contributed by atoms with E-state index in [1.165, 1.54) is 9.78 Å². The van der Waals surface area contributed by atoms with Gasteiger partial charge >= 0.3 is 6.09 Å². The standard InChI is InChI=1S/C25H27ClN6O3S/c1-13-14(2)36-24-21(13)22(16-4-6-17(26)7-5-16)28-19(23-30-29-15(3)32(23)24)12-20(33)27-18-8-10-31(11-9-18)25(34)35/h4-7,18-19H,8-12H2,1-3H3,(H,27,33)(H,34,35)/t19-/m0/s1. The van der Waals surface area contributed by atoms with Gasteiger partial charge in [-0.25, -0.2) is 4.79 Å². The van der Waals surface area contributed by atoms with E-state index in [0.29, 0.717) is 36.8 Å². The molecule has 0 aliphatic carbocycles. The Labute approximate surface area is 217 Å². The molecule has 2 N–H and O–H groups in total. The normalized spacial score (nSPS) is 17.7. The fourth-order valence-electron chi connectivity index (χ4n) is 4.81. The summed E-state index contributed by atoms with van der Waals surface area (Å²) in [6, 6.07) is 6.98. The lowest BCUT2D eigenvalue weighted by atomic mass is 9.99. The molecule has 2 aliphatic heterocycles. The average molecular weight is 527 g/mol. The van der Waals surface area contributed by atoms with Crippen molar-refractivity contribution in [1.82, 2.24) is 25.0 Å². The Hall–Kier alpha value is -3.24. The predicted octanol–water partition coefficient (Wildman–Crippen LogP) is 4.45. The van der Waals surface area contributed by atoms with Gasteiger partial charge in [0.2, 0.25) is 5.91 Å². The summed E-state index contributed by atoms with van der Waals surface area (Å²) in [7, 11) is 0. The summed E-state index contributed by atoms with van der Waals surface area (Å²) >= 11 is 7.83. The van der Waals surface area contributed by atoms with Crippen molar-refractivity contribution in [3.63, 3.8) is 0 Å². The van der Waals surface area contributed by atoms with Gasteiger partial charge in [-0.15, -0.1) is 21.5 Å². The van der Waals surface area contributed by atoms with Crippen LogP contribution in [-0.2, 0) is 4.79 Å². The Morgan fingerprint density at radius 3 is 2.50 bits per heavy atom. The van der Waals surface area contributed by atoms with Crippen LogP contribution in [0.5, 0.6) is 0 Å². The molecule has 0 unspecified atom stereocenters. The Bertz CT molecular complexity index is 1350. The quantitative estimate of drug-likeness (QED) is 0.521. The van der Waals surface area contributed by atoms with Crippen molar-refractivity contribution in [2.75, 3.05) is 13.1 Å². The minimum absolute atomic E-state index is 0.0651. The first-order chi connectivity index (χ1) is 17.2. The van der Waals surface area contributed by atoms with Crippen LogP contribution in [0.1, 0.15) is 58.5 Å². The number of amides is 2. The molecule has 0 radical (unpaired) electrons. The first-order valence-electron chi connectivity index (χ1n) is 11.9. The van der Waals surface area contributed by atoms with Crippen LogP contribution < -0.4 is 5.32 Å². The summed E-state index contributed by atoms with van der Waals surface area (Å²) in [5.41, 5.74) is 3.89. The van der Waals surface area contributed by atoms with Gasteiger partial charge in [0.05, 0.1) is 12.1 Å². The van der Waals surface area contributed by atoms with Crippen LogP contribution in [0.15, 0.2) is 29.3 Å². The van der Waals surface area contributed by atoms with Gasteiger partial charge in [0.25, 0.3) is 0 Å². The third kappa shape index (κ3) is 4.51. The van der Waals surface area contributed by atoms with E-state index >= 15 is 0 Å². The number of fused-ring (bicyclic) bond motifs is 3. The zero-order valence-electron chi connectivity index (χ0n) is 20.3. The summed E-state index contributed by atoms with van der Waals surface area (Å²) in [5.74, 6) is 1.24. The molecule has 0 saturated carbocycles. The van der Waals surface area contributed by atoms with Crippen LogP contribution >= 0.6 is 22.9 Å². The number of rotatable bonds is 4. The van der Waals surface area contributed by atoms with Crippen molar-refractivity contribution in [3.8, 4) is 5.00 Å². The maximum absolute atomic E-state index is 13.2. The highest BCUT2D eigenvalue weighted by molar-refractivity contribution is 7.15. The lowest BCUT2D eigenvalue weighted by Gasteiger charge is -2.30. The average Bonchev–Trinajstić information content (AvgIpc) is 3.32. The zero-order chi connectivity index (χ0) is 25.6. The Balaban J connectivity index is 1.49. The number of likely N-dealkylation sites (tertiary alicyclic amines) is 1. The topological polar surface area (TPSA) is 113 Å². The number of hydrogen-bond acceptors (Lipinski definition) is 6. The summed E-state index contributed by atoms with van der Waals surface area (Å²) in [5, 5.41) is 22.7. The van der Waals surface area contributed by atoms with E-state index in [1.807, 2.05) is 35.8 Å². The number of aliphatic imine (C=N–C) groups is 1. The van der Waals surface area contributed by atoms with Gasteiger partial charge in [-0.3, -0.25) is 14.4 Å². The second-order valence-electron chi connectivity index (χ2n) is 9.22. The van der Waals surface area contributed by atoms with Gasteiger partial charge in [0, 0.05) is 40.2 Å². The third-order valence-corrected chi connectivity index (χ3v) is 8.31. The van der Waals surface area contributed by atoms with Crippen molar-refractivity contribution in [3.05, 3.63) is 62.5 Å². The number of aryl methyl sites for hydroxylation is 2. The fraction of sp³-hybridized carbons (Fsp3) is 0.400. The van der Waals surface area contributed by atoms with Crippen LogP contribution in [0.3, 0.4) is 0 Å². The first kappa shape index (κ1) is 24.5. The number of carbonyl (C=O) groups excluding carboxylic acids is 1. The number of carboxylic acid groups (broad SMARTS) is 1. The second kappa shape index (κ2) is 9.67. The van der Waals surface area contributed by atoms with E-state index in [1.54, 1.807) is 11.3 Å². The lowest BCUT2D eigenvalue weighted by Crippen LogP contribution is -2.46. The zero-order valence-corrected chi connectivity index (χ0v) is 21.9. The van der Waals surface area contributed by atoms with Crippen LogP contribution in [0, 0.1) is 20.8 Å². The highest BCUT2D eigenvalue weighted by Gasteiger charge is 2.33. The molecule has 3 aromatic rings. The van der Waals surface area contributed by atoms with Crippen molar-refractivity contribution in [2.24, 2.45) is 4.99 Å². The minimum atomic E-state index is -0.921. The lowest BCUT2D eigenvalue weighted by molar-refractivity contribution is -0.122. The molecule has 5 rings (SSSR count). The van der Waals surface area contributed by atoms with Crippen LogP contribution in [-0.4, -0.2) is 61.6 Å². The molecule has 1 aromatic carbocycles. The molecule has 11 heteroatoms. The molecule has 1 fully saturated rings. The van der Waals surface area contributed by atoms with Gasteiger partial charge in [0.15, 0.2) is 5.82 Å². The van der Waals surface area contributed by atoms with E-state index < -0.39 is 12.1 Å². The largest absolute Gasteiger partial charge is 0.465 e. The molecular weight excluding hydrogens is 500 g/mol. The van der Waals surface area contributed by atoms with Crippen molar-refractivity contribution in [2.45, 2.75) is 52.1 Å². The Morgan fingerprint density at radius 2 is 1.83 bits per heavy atom. The number of benzene rings is 1. The third-order valence-electron chi connectivity index (χ3n) is 6.87. The van der Waals surface area contributed by atoms with Crippen molar-refractivity contribution >= 4 is 40.6 Å². The van der Waals surface area contributed by atoms with E-state index in [2.05, 4.69) is 29.4 Å². The summed E-state index contributed by atoms with van der Waals surface area (Å²) in [6.07, 6.45) is 0.372. The number of hydrogen-bond donors (Lipinski definition) is 2. The molecule has 9 nitrogen and oxygen atoms in total. The molecule has 1 saturated heterocycles. The predicted molar refractivity (Wildman–Crippen MR) is 139 cm³/mol. The Morgan fingerprint density at radius 1 is 1.14 bits per heavy atom. The van der Waals surface area contributed by atoms with Gasteiger partial charge < -0.3 is 15.3 Å². The molecule has 2 aromatic heterocycles. The molecule has 2 aliphatic rings. The number of aromatic nitrogens is 3. The molecule has 2 amide bonds. The van der Waals surface area contributed by atoms with E-state index in [4.69, 9.17) is 16.6 Å². The van der Waals surface area contributed by atoms with Gasteiger partial charge in [-0.05, 0) is 51.3 Å². The van der Waals surface area contributed by atoms with E-state index in [-0.39, 0.29) is 18.4 Å². The number of nitrogens with zero attached hydrogens (tertiary/aromatic N) is 5. The van der Waals surface area contributed by atoms with E-state index in [9.17, 15) is 14.7 Å². The van der Waals surface area contributed by atoms with Gasteiger partial charge in [0.1, 0.15) is 16.9 Å². The molecule has 4 heterocycles. The number of piperidine rings is 1. The van der Waals surface area contributed by atoms with Crippen molar-refractivity contribution < 1.29 is 14.7 Å². The van der Waals surface area contributed by atoms with Gasteiger partial charge in [-0.2, -0.15) is 0 Å². The summed E-state index contributed by atoms with van der Waals surface area (Å²) < 4.78 is 2.02. The van der Waals surface area contributed by atoms with Crippen LogP contribution in [0.4, 0.5) is 4.79 Å². The molecule has 188 valence electrons. The molecule has 0 bridgehead atoms. The van der Waals surface area contributed by atoms with E-state index in [0.717, 1.165) is 33.2 Å². The number of halogens is 1. The fourth-order valence-corrected chi connectivity index (χ4v) is 6.15. The highest BCUT2D eigenvalue weighted by atomic mass is 35.5. The number of thiophene rings is 1. The van der Waals surface area contributed by atoms with Crippen LogP contribution in [0.2, 0.25) is 5.02 Å². The van der Waals surface area contributed by atoms with Gasteiger partial charge in [-0.1, -0.05) is 23.7 Å². The smallest absolute Gasteiger partial charge is 0.407 e. The molecule has 1 atom stereocenters. The molecule has 36 heavy (non-hydrogen) atoms. The van der Waals surface area contributed by atoms with Crippen molar-refractivity contribution in [1.29, 1.82) is 0 Å². The maximum atomic E-state index is 13.2. The second-order valence-corrected chi connectivity index (χ2v) is 10.9. The Kier molecular flexibility index (Phi) is 6.57. The SMILES string of the molecule is Cc1sc2c(c1C)C(c1ccc(Cl)cc1)=N[C@@H](CC(=O)NC1CCN(C(=O)O)CC1)c1nnc(C)n1-2. The van der Waals surface area contributed by atoms with Crippen LogP contribution in [0.25, 0.3) is 5.00 Å². The number of nitrogens with one attached hydrogen (secondary N) is 1. The summed E-state index contributed by atoms with van der Waals surface area (Å²) in [4.78, 5) is 32.0. The number of carbonyl (C=O) groups is 2. The first-order valence-corrected chi connectivity index (χ1v) is 13.1. The monoisotopic (exact) mass is 526 g/mol. The minimum Gasteiger partial charge on any atom is -0.465 e. The molecule has 0 spiro atoms.